The number of pyridine rings is 1. The van der Waals surface area contributed by atoms with Gasteiger partial charge in [-0.1, -0.05) is 0 Å². The van der Waals surface area contributed by atoms with E-state index in [9.17, 15) is 27.9 Å². The Kier molecular flexibility index (Phi) is 4.57. The van der Waals surface area contributed by atoms with Gasteiger partial charge in [0.25, 0.3) is 5.56 Å². The van der Waals surface area contributed by atoms with Crippen molar-refractivity contribution in [1.29, 1.82) is 0 Å². The highest BCUT2D eigenvalue weighted by molar-refractivity contribution is 5.91. The molecule has 24 heavy (non-hydrogen) atoms. The number of aromatic amines is 1. The maximum atomic E-state index is 13.3. The number of rotatable bonds is 4. The van der Waals surface area contributed by atoms with Crippen molar-refractivity contribution in [3.63, 3.8) is 0 Å². The summed E-state index contributed by atoms with van der Waals surface area (Å²) in [5, 5.41) is 12.2. The molecular weight excluding hydrogens is 329 g/mol. The van der Waals surface area contributed by atoms with Gasteiger partial charge >= 0.3 is 6.18 Å². The number of nitrogens with one attached hydrogen (secondary N) is 2. The standard InChI is InChI=1S/C15H15F3N2O4/c1-8-5-10(7-19-13(8)22)20-12(21)6-14(23,15(16,17)18)11-4-3-9(2)24-11/h3-5,7,23H,6H2,1-2H3,(H,19,22)(H,20,21). The second kappa shape index (κ2) is 6.16. The van der Waals surface area contributed by atoms with E-state index >= 15 is 0 Å². The maximum Gasteiger partial charge on any atom is 0.425 e. The van der Waals surface area contributed by atoms with Crippen molar-refractivity contribution in [2.75, 3.05) is 5.32 Å². The minimum absolute atomic E-state index is 0.109. The van der Waals surface area contributed by atoms with E-state index in [0.717, 1.165) is 12.3 Å². The number of carbonyl (C=O) groups excluding carboxylic acids is 1. The van der Waals surface area contributed by atoms with Crippen molar-refractivity contribution < 1.29 is 27.5 Å². The number of hydrogen-bond acceptors (Lipinski definition) is 4. The van der Waals surface area contributed by atoms with Crippen LogP contribution in [-0.2, 0) is 10.4 Å². The number of halogens is 3. The van der Waals surface area contributed by atoms with E-state index in [1.165, 1.54) is 26.0 Å². The summed E-state index contributed by atoms with van der Waals surface area (Å²) in [7, 11) is 0. The Hall–Kier alpha value is -2.55. The zero-order valence-corrected chi connectivity index (χ0v) is 12.8. The predicted molar refractivity (Wildman–Crippen MR) is 78.4 cm³/mol. The van der Waals surface area contributed by atoms with Gasteiger partial charge in [-0.2, -0.15) is 13.2 Å². The first-order valence-electron chi connectivity index (χ1n) is 6.88. The van der Waals surface area contributed by atoms with Crippen molar-refractivity contribution in [1.82, 2.24) is 4.98 Å². The van der Waals surface area contributed by atoms with Gasteiger partial charge in [-0.05, 0) is 32.0 Å². The van der Waals surface area contributed by atoms with Crippen molar-refractivity contribution in [2.45, 2.75) is 32.0 Å². The number of aryl methyl sites for hydroxylation is 2. The number of carbonyl (C=O) groups is 1. The number of hydrogen-bond donors (Lipinski definition) is 3. The van der Waals surface area contributed by atoms with Gasteiger partial charge in [0.1, 0.15) is 11.5 Å². The molecule has 6 nitrogen and oxygen atoms in total. The van der Waals surface area contributed by atoms with Crippen LogP contribution >= 0.6 is 0 Å². The topological polar surface area (TPSA) is 95.3 Å². The minimum Gasteiger partial charge on any atom is -0.463 e. The molecule has 1 amide bonds. The van der Waals surface area contributed by atoms with Crippen LogP contribution in [0.5, 0.6) is 0 Å². The summed E-state index contributed by atoms with van der Waals surface area (Å²) in [6, 6.07) is 3.54. The minimum atomic E-state index is -5.12. The number of aliphatic hydroxyl groups is 1. The molecule has 2 aromatic rings. The lowest BCUT2D eigenvalue weighted by Gasteiger charge is -2.27. The predicted octanol–water partition coefficient (Wildman–Crippen LogP) is 2.36. The fourth-order valence-corrected chi connectivity index (χ4v) is 2.09. The highest BCUT2D eigenvalue weighted by Crippen LogP contribution is 2.42. The molecule has 2 rings (SSSR count). The average Bonchev–Trinajstić information content (AvgIpc) is 2.88. The fourth-order valence-electron chi connectivity index (χ4n) is 2.09. The van der Waals surface area contributed by atoms with Crippen LogP contribution in [0.4, 0.5) is 18.9 Å². The highest BCUT2D eigenvalue weighted by Gasteiger charge is 2.58. The lowest BCUT2D eigenvalue weighted by Crippen LogP contribution is -2.44. The molecule has 0 aliphatic heterocycles. The van der Waals surface area contributed by atoms with Gasteiger partial charge in [-0.3, -0.25) is 9.59 Å². The van der Waals surface area contributed by atoms with E-state index < -0.39 is 29.9 Å². The Morgan fingerprint density at radius 1 is 1.33 bits per heavy atom. The molecular formula is C15H15F3N2O4. The van der Waals surface area contributed by atoms with Crippen LogP contribution in [0.3, 0.4) is 0 Å². The summed E-state index contributed by atoms with van der Waals surface area (Å²) >= 11 is 0. The average molecular weight is 344 g/mol. The van der Waals surface area contributed by atoms with E-state index in [1.807, 2.05) is 0 Å². The number of amides is 1. The molecule has 1 unspecified atom stereocenters. The maximum absolute atomic E-state index is 13.3. The molecule has 130 valence electrons. The third-order valence-corrected chi connectivity index (χ3v) is 3.41. The van der Waals surface area contributed by atoms with Crippen molar-refractivity contribution in [2.24, 2.45) is 0 Å². The van der Waals surface area contributed by atoms with Gasteiger partial charge in [0.05, 0.1) is 12.1 Å². The molecule has 2 heterocycles. The Bertz CT molecular complexity index is 810. The summed E-state index contributed by atoms with van der Waals surface area (Å²) in [4.78, 5) is 25.5. The van der Waals surface area contributed by atoms with E-state index in [1.54, 1.807) is 0 Å². The van der Waals surface area contributed by atoms with Crippen molar-refractivity contribution in [3.05, 3.63) is 51.8 Å². The van der Waals surface area contributed by atoms with E-state index in [0.29, 0.717) is 0 Å². The highest BCUT2D eigenvalue weighted by atomic mass is 19.4. The number of furan rings is 1. The third kappa shape index (κ3) is 3.51. The van der Waals surface area contributed by atoms with Crippen LogP contribution in [-0.4, -0.2) is 22.2 Å². The Morgan fingerprint density at radius 2 is 2.00 bits per heavy atom. The number of alkyl halides is 3. The zero-order valence-electron chi connectivity index (χ0n) is 12.8. The molecule has 2 aromatic heterocycles. The molecule has 0 aliphatic rings. The first kappa shape index (κ1) is 17.8. The lowest BCUT2D eigenvalue weighted by molar-refractivity contribution is -0.272. The molecule has 1 atom stereocenters. The smallest absolute Gasteiger partial charge is 0.425 e. The van der Waals surface area contributed by atoms with Crippen molar-refractivity contribution in [3.8, 4) is 0 Å². The van der Waals surface area contributed by atoms with Gasteiger partial charge in [-0.15, -0.1) is 0 Å². The summed E-state index contributed by atoms with van der Waals surface area (Å²) in [5.74, 6) is -1.68. The van der Waals surface area contributed by atoms with Gasteiger partial charge in [0.15, 0.2) is 0 Å². The van der Waals surface area contributed by atoms with Crippen LogP contribution in [0.1, 0.15) is 23.5 Å². The number of aromatic nitrogens is 1. The lowest BCUT2D eigenvalue weighted by atomic mass is 9.95. The Morgan fingerprint density at radius 3 is 2.50 bits per heavy atom. The first-order valence-corrected chi connectivity index (χ1v) is 6.88. The second-order valence-corrected chi connectivity index (χ2v) is 5.39. The van der Waals surface area contributed by atoms with Crippen LogP contribution in [0.25, 0.3) is 0 Å². The molecule has 0 bridgehead atoms. The molecule has 9 heteroatoms. The Balaban J connectivity index is 2.25. The van der Waals surface area contributed by atoms with Gasteiger partial charge in [0, 0.05) is 11.8 Å². The van der Waals surface area contributed by atoms with Gasteiger partial charge in [-0.25, -0.2) is 0 Å². The number of anilines is 1. The second-order valence-electron chi connectivity index (χ2n) is 5.39. The first-order chi connectivity index (χ1) is 11.0. The molecule has 0 aliphatic carbocycles. The van der Waals surface area contributed by atoms with Gasteiger partial charge < -0.3 is 19.8 Å². The largest absolute Gasteiger partial charge is 0.463 e. The van der Waals surface area contributed by atoms with E-state index in [4.69, 9.17) is 4.42 Å². The molecule has 0 radical (unpaired) electrons. The molecule has 0 saturated heterocycles. The summed E-state index contributed by atoms with van der Waals surface area (Å²) < 4.78 is 44.7. The SMILES string of the molecule is Cc1ccc(C(O)(CC(=O)Nc2c[nH]c(=O)c(C)c2)C(F)(F)F)o1. The van der Waals surface area contributed by atoms with Crippen LogP contribution < -0.4 is 10.9 Å². The molecule has 3 N–H and O–H groups in total. The van der Waals surface area contributed by atoms with Crippen molar-refractivity contribution >= 4 is 11.6 Å². The normalized spacial score (nSPS) is 14.2. The molecule has 0 aromatic carbocycles. The molecule has 0 spiro atoms. The molecule has 0 fully saturated rings. The summed E-state index contributed by atoms with van der Waals surface area (Å²) in [5.41, 5.74) is -3.45. The monoisotopic (exact) mass is 344 g/mol. The van der Waals surface area contributed by atoms with E-state index in [2.05, 4.69) is 10.3 Å². The summed E-state index contributed by atoms with van der Waals surface area (Å²) in [6.07, 6.45) is -5.26. The number of H-pyrrole nitrogens is 1. The third-order valence-electron chi connectivity index (χ3n) is 3.41. The summed E-state index contributed by atoms with van der Waals surface area (Å²) in [6.45, 7) is 2.90. The fraction of sp³-hybridized carbons (Fsp3) is 0.333. The molecule has 0 saturated carbocycles. The van der Waals surface area contributed by atoms with E-state index in [-0.39, 0.29) is 22.6 Å². The Labute approximate surface area is 134 Å². The quantitative estimate of drug-likeness (QED) is 0.793. The zero-order chi connectivity index (χ0) is 18.1. The van der Waals surface area contributed by atoms with Gasteiger partial charge in [0.2, 0.25) is 11.5 Å². The van der Waals surface area contributed by atoms with Crippen LogP contribution in [0, 0.1) is 13.8 Å². The van der Waals surface area contributed by atoms with Crippen LogP contribution in [0.15, 0.2) is 33.6 Å². The van der Waals surface area contributed by atoms with Crippen LogP contribution in [0.2, 0.25) is 0 Å².